The molecular weight excluding hydrogens is 258 g/mol. The summed E-state index contributed by atoms with van der Waals surface area (Å²) < 4.78 is 2.15. The van der Waals surface area contributed by atoms with Crippen molar-refractivity contribution < 1.29 is 4.79 Å². The largest absolute Gasteiger partial charge is 0.337 e. The van der Waals surface area contributed by atoms with Crippen LogP contribution >= 0.6 is 11.3 Å². The quantitative estimate of drug-likeness (QED) is 0.862. The van der Waals surface area contributed by atoms with Gasteiger partial charge in [0.25, 0.3) is 5.91 Å². The zero-order valence-corrected chi connectivity index (χ0v) is 12.0. The molecular formula is C14H17N3OS. The van der Waals surface area contributed by atoms with Crippen molar-refractivity contribution >= 4 is 17.2 Å². The molecule has 1 aliphatic rings. The number of likely N-dealkylation sites (tertiary alicyclic amines) is 1. The molecule has 5 heteroatoms. The maximum Gasteiger partial charge on any atom is 0.263 e. The van der Waals surface area contributed by atoms with Crippen LogP contribution in [0, 0.1) is 19.8 Å². The highest BCUT2D eigenvalue weighted by Gasteiger charge is 2.31. The molecule has 0 aromatic carbocycles. The fraction of sp³-hybridized carbons (Fsp3) is 0.429. The monoisotopic (exact) mass is 275 g/mol. The van der Waals surface area contributed by atoms with Crippen LogP contribution in [0.15, 0.2) is 23.8 Å². The lowest BCUT2D eigenvalue weighted by atomic mass is 9.99. The number of aryl methyl sites for hydroxylation is 2. The summed E-state index contributed by atoms with van der Waals surface area (Å²) in [6.07, 6.45) is 3.83. The Kier molecular flexibility index (Phi) is 3.14. The van der Waals surface area contributed by atoms with Crippen LogP contribution in [-0.4, -0.2) is 33.4 Å². The van der Waals surface area contributed by atoms with Crippen molar-refractivity contribution in [3.63, 3.8) is 0 Å². The summed E-state index contributed by atoms with van der Waals surface area (Å²) >= 11 is 1.54. The van der Waals surface area contributed by atoms with E-state index in [4.69, 9.17) is 0 Å². The molecule has 0 aliphatic carbocycles. The number of carbonyl (C=O) groups excluding carboxylic acids is 1. The van der Waals surface area contributed by atoms with Gasteiger partial charge in [0.05, 0.1) is 4.88 Å². The standard InChI is InChI=1S/C14H17N3OS/c1-10-5-13(19-9-10)14(18)17-7-12(8-17)6-16-4-3-15-11(16)2/h3-5,9,12H,6-8H2,1-2H3. The first-order valence-corrected chi connectivity index (χ1v) is 7.33. The van der Waals surface area contributed by atoms with Gasteiger partial charge in [-0.05, 0) is 30.9 Å². The summed E-state index contributed by atoms with van der Waals surface area (Å²) in [6.45, 7) is 6.70. The SMILES string of the molecule is Cc1csc(C(=O)N2CC(Cn3ccnc3C)C2)c1. The molecule has 0 saturated carbocycles. The molecule has 3 rings (SSSR count). The van der Waals surface area contributed by atoms with Crippen LogP contribution in [0.4, 0.5) is 0 Å². The molecule has 0 N–H and O–H groups in total. The van der Waals surface area contributed by atoms with Gasteiger partial charge in [-0.1, -0.05) is 0 Å². The minimum Gasteiger partial charge on any atom is -0.337 e. The maximum atomic E-state index is 12.2. The number of amides is 1. The highest BCUT2D eigenvalue weighted by Crippen LogP contribution is 2.23. The van der Waals surface area contributed by atoms with Crippen LogP contribution in [0.5, 0.6) is 0 Å². The Labute approximate surface area is 116 Å². The molecule has 0 spiro atoms. The average Bonchev–Trinajstić information content (AvgIpc) is 2.92. The molecule has 2 aromatic heterocycles. The lowest BCUT2D eigenvalue weighted by molar-refractivity contribution is 0.0472. The number of carbonyl (C=O) groups is 1. The average molecular weight is 275 g/mol. The van der Waals surface area contributed by atoms with Crippen molar-refractivity contribution in [1.82, 2.24) is 14.5 Å². The van der Waals surface area contributed by atoms with E-state index >= 15 is 0 Å². The van der Waals surface area contributed by atoms with E-state index in [1.54, 1.807) is 0 Å². The summed E-state index contributed by atoms with van der Waals surface area (Å²) in [7, 11) is 0. The van der Waals surface area contributed by atoms with Gasteiger partial charge in [0, 0.05) is 37.9 Å². The first kappa shape index (κ1) is 12.4. The zero-order chi connectivity index (χ0) is 13.4. The van der Waals surface area contributed by atoms with Crippen molar-refractivity contribution in [3.05, 3.63) is 40.1 Å². The molecule has 0 atom stereocenters. The lowest BCUT2D eigenvalue weighted by Crippen LogP contribution is -2.51. The fourth-order valence-corrected chi connectivity index (χ4v) is 3.29. The Bertz CT molecular complexity index is 595. The van der Waals surface area contributed by atoms with E-state index in [0.717, 1.165) is 30.3 Å². The molecule has 1 saturated heterocycles. The van der Waals surface area contributed by atoms with Gasteiger partial charge in [-0.25, -0.2) is 4.98 Å². The topological polar surface area (TPSA) is 38.1 Å². The third-order valence-corrected chi connectivity index (χ3v) is 4.60. The fourth-order valence-electron chi connectivity index (χ4n) is 2.43. The van der Waals surface area contributed by atoms with Crippen molar-refractivity contribution in [2.24, 2.45) is 5.92 Å². The lowest BCUT2D eigenvalue weighted by Gasteiger charge is -2.39. The summed E-state index contributed by atoms with van der Waals surface area (Å²) in [5.41, 5.74) is 1.17. The second-order valence-electron chi connectivity index (χ2n) is 5.19. The second kappa shape index (κ2) is 4.81. The predicted octanol–water partition coefficient (Wildman–Crippen LogP) is 2.33. The summed E-state index contributed by atoms with van der Waals surface area (Å²) in [5.74, 6) is 1.77. The highest BCUT2D eigenvalue weighted by atomic mass is 32.1. The molecule has 100 valence electrons. The Balaban J connectivity index is 1.55. The minimum absolute atomic E-state index is 0.178. The molecule has 19 heavy (non-hydrogen) atoms. The summed E-state index contributed by atoms with van der Waals surface area (Å²) in [6, 6.07) is 1.97. The number of aromatic nitrogens is 2. The van der Waals surface area contributed by atoms with Gasteiger partial charge in [-0.3, -0.25) is 4.79 Å². The third-order valence-electron chi connectivity index (χ3n) is 3.56. The molecule has 0 radical (unpaired) electrons. The first-order valence-electron chi connectivity index (χ1n) is 6.45. The molecule has 2 aromatic rings. The van der Waals surface area contributed by atoms with Gasteiger partial charge in [0.2, 0.25) is 0 Å². The summed E-state index contributed by atoms with van der Waals surface area (Å²) in [4.78, 5) is 19.2. The van der Waals surface area contributed by atoms with E-state index in [-0.39, 0.29) is 5.91 Å². The number of rotatable bonds is 3. The Morgan fingerprint density at radius 3 is 2.84 bits per heavy atom. The Morgan fingerprint density at radius 2 is 2.26 bits per heavy atom. The minimum atomic E-state index is 0.178. The van der Waals surface area contributed by atoms with Crippen LogP contribution in [0.25, 0.3) is 0 Å². The smallest absolute Gasteiger partial charge is 0.263 e. The normalized spacial score (nSPS) is 15.6. The highest BCUT2D eigenvalue weighted by molar-refractivity contribution is 7.12. The van der Waals surface area contributed by atoms with Gasteiger partial charge in [-0.15, -0.1) is 11.3 Å². The summed E-state index contributed by atoms with van der Waals surface area (Å²) in [5, 5.41) is 2.03. The number of hydrogen-bond acceptors (Lipinski definition) is 3. The number of thiophene rings is 1. The van der Waals surface area contributed by atoms with Crippen LogP contribution in [-0.2, 0) is 6.54 Å². The van der Waals surface area contributed by atoms with Gasteiger partial charge >= 0.3 is 0 Å². The van der Waals surface area contributed by atoms with Crippen LogP contribution in [0.2, 0.25) is 0 Å². The number of imidazole rings is 1. The number of nitrogens with zero attached hydrogens (tertiary/aromatic N) is 3. The predicted molar refractivity (Wildman–Crippen MR) is 75.4 cm³/mol. The Morgan fingerprint density at radius 1 is 1.47 bits per heavy atom. The molecule has 1 aliphatic heterocycles. The molecule has 1 amide bonds. The van der Waals surface area contributed by atoms with E-state index in [1.165, 1.54) is 16.9 Å². The van der Waals surface area contributed by atoms with Gasteiger partial charge in [-0.2, -0.15) is 0 Å². The van der Waals surface area contributed by atoms with E-state index in [0.29, 0.717) is 5.92 Å². The van der Waals surface area contributed by atoms with E-state index in [9.17, 15) is 4.79 Å². The third kappa shape index (κ3) is 2.42. The molecule has 1 fully saturated rings. The molecule has 0 unspecified atom stereocenters. The molecule has 0 bridgehead atoms. The second-order valence-corrected chi connectivity index (χ2v) is 6.10. The van der Waals surface area contributed by atoms with Crippen molar-refractivity contribution in [3.8, 4) is 0 Å². The number of hydrogen-bond donors (Lipinski definition) is 0. The molecule has 4 nitrogen and oxygen atoms in total. The van der Waals surface area contributed by atoms with E-state index < -0.39 is 0 Å². The van der Waals surface area contributed by atoms with Gasteiger partial charge < -0.3 is 9.47 Å². The van der Waals surface area contributed by atoms with E-state index in [2.05, 4.69) is 9.55 Å². The Hall–Kier alpha value is -1.62. The zero-order valence-electron chi connectivity index (χ0n) is 11.2. The van der Waals surface area contributed by atoms with Gasteiger partial charge in [0.1, 0.15) is 5.82 Å². The van der Waals surface area contributed by atoms with Crippen molar-refractivity contribution in [2.75, 3.05) is 13.1 Å². The van der Waals surface area contributed by atoms with Crippen LogP contribution < -0.4 is 0 Å². The van der Waals surface area contributed by atoms with Gasteiger partial charge in [0.15, 0.2) is 0 Å². The van der Waals surface area contributed by atoms with E-state index in [1.807, 2.05) is 42.6 Å². The molecule has 3 heterocycles. The van der Waals surface area contributed by atoms with Crippen LogP contribution in [0.3, 0.4) is 0 Å². The van der Waals surface area contributed by atoms with Crippen molar-refractivity contribution in [1.29, 1.82) is 0 Å². The van der Waals surface area contributed by atoms with Crippen LogP contribution in [0.1, 0.15) is 21.1 Å². The first-order chi connectivity index (χ1) is 9.13. The van der Waals surface area contributed by atoms with Crippen molar-refractivity contribution in [2.45, 2.75) is 20.4 Å². The maximum absolute atomic E-state index is 12.2.